The summed E-state index contributed by atoms with van der Waals surface area (Å²) in [6.07, 6.45) is -6.46. The molecule has 2 aromatic carbocycles. The summed E-state index contributed by atoms with van der Waals surface area (Å²) < 4.78 is 51.7. The van der Waals surface area contributed by atoms with Crippen molar-refractivity contribution in [1.82, 2.24) is 9.97 Å². The van der Waals surface area contributed by atoms with Crippen molar-refractivity contribution in [2.45, 2.75) is 56.3 Å². The van der Waals surface area contributed by atoms with Gasteiger partial charge >= 0.3 is 6.18 Å². The lowest BCUT2D eigenvalue weighted by molar-refractivity contribution is -0.151. The number of ether oxygens (including phenoxy) is 1. The van der Waals surface area contributed by atoms with Crippen molar-refractivity contribution in [1.29, 1.82) is 0 Å². The maximum atomic E-state index is 13.0. The minimum absolute atomic E-state index is 0.0155. The van der Waals surface area contributed by atoms with Crippen LogP contribution >= 0.6 is 0 Å². The van der Waals surface area contributed by atoms with E-state index in [9.17, 15) is 23.4 Å². The standard InChI is InChI=1S/C27H32F3N3O4Si/c1-26(2,3)38(18-10-6-4-7-11-18,19-12-8-5-9-13-19)37-17-21-25(35)24(34)20(16-36-21)32-23-15-31-14-22(33-23)27(28,29)30/h4-15,20-21,24-25,34-35H,16-17H2,1-3H3,(H,32,33)/t20-,21+,24+,25-/m0/s1. The minimum Gasteiger partial charge on any atom is -0.405 e. The Morgan fingerprint density at radius 1 is 0.947 bits per heavy atom. The molecule has 204 valence electrons. The first-order valence-corrected chi connectivity index (χ1v) is 14.2. The molecule has 0 amide bonds. The van der Waals surface area contributed by atoms with Crippen LogP contribution < -0.4 is 15.7 Å². The summed E-state index contributed by atoms with van der Waals surface area (Å²) in [5.74, 6) is -0.179. The van der Waals surface area contributed by atoms with Crippen LogP contribution in [0.3, 0.4) is 0 Å². The van der Waals surface area contributed by atoms with Crippen LogP contribution in [0, 0.1) is 0 Å². The average Bonchev–Trinajstić information content (AvgIpc) is 2.88. The van der Waals surface area contributed by atoms with E-state index in [-0.39, 0.29) is 24.1 Å². The summed E-state index contributed by atoms with van der Waals surface area (Å²) in [6, 6.07) is 19.1. The van der Waals surface area contributed by atoms with E-state index in [1.54, 1.807) is 0 Å². The van der Waals surface area contributed by atoms with Crippen molar-refractivity contribution in [2.24, 2.45) is 0 Å². The molecule has 7 nitrogen and oxygen atoms in total. The highest BCUT2D eigenvalue weighted by atomic mass is 28.4. The number of benzene rings is 2. The van der Waals surface area contributed by atoms with E-state index < -0.39 is 44.5 Å². The fraction of sp³-hybridized carbons (Fsp3) is 0.407. The van der Waals surface area contributed by atoms with E-state index in [1.807, 2.05) is 60.7 Å². The van der Waals surface area contributed by atoms with Gasteiger partial charge in [-0.25, -0.2) is 4.98 Å². The molecule has 4 rings (SSSR count). The maximum Gasteiger partial charge on any atom is 0.434 e. The van der Waals surface area contributed by atoms with Gasteiger partial charge in [0.05, 0.1) is 31.6 Å². The molecule has 0 spiro atoms. The van der Waals surface area contributed by atoms with Gasteiger partial charge in [-0.05, 0) is 15.4 Å². The Labute approximate surface area is 220 Å². The predicted molar refractivity (Wildman–Crippen MR) is 140 cm³/mol. The summed E-state index contributed by atoms with van der Waals surface area (Å²) in [7, 11) is -2.90. The van der Waals surface area contributed by atoms with E-state index in [0.29, 0.717) is 6.20 Å². The van der Waals surface area contributed by atoms with Crippen LogP contribution in [0.5, 0.6) is 0 Å². The number of anilines is 1. The SMILES string of the molecule is CC(C)(C)[Si](OC[C@H]1OC[C@H](Nc2cncc(C(F)(F)F)n2)[C@@H](O)[C@H]1O)(c1ccccc1)c1ccccc1. The van der Waals surface area contributed by atoms with Gasteiger partial charge < -0.3 is 24.7 Å². The molecule has 1 fully saturated rings. The van der Waals surface area contributed by atoms with Crippen LogP contribution in [0.15, 0.2) is 73.1 Å². The third kappa shape index (κ3) is 5.76. The molecule has 1 aromatic heterocycles. The number of alkyl halides is 3. The van der Waals surface area contributed by atoms with Crippen LogP contribution in [0.25, 0.3) is 0 Å². The zero-order valence-corrected chi connectivity index (χ0v) is 22.4. The number of hydrogen-bond donors (Lipinski definition) is 3. The van der Waals surface area contributed by atoms with Crippen molar-refractivity contribution in [3.63, 3.8) is 0 Å². The molecule has 0 unspecified atom stereocenters. The molecule has 1 aliphatic heterocycles. The first kappa shape index (κ1) is 28.2. The summed E-state index contributed by atoms with van der Waals surface area (Å²) in [4.78, 5) is 7.08. The first-order valence-electron chi connectivity index (χ1n) is 12.3. The van der Waals surface area contributed by atoms with Gasteiger partial charge in [-0.3, -0.25) is 4.98 Å². The third-order valence-electron chi connectivity index (χ3n) is 6.77. The second-order valence-electron chi connectivity index (χ2n) is 10.4. The number of hydrogen-bond acceptors (Lipinski definition) is 7. The van der Waals surface area contributed by atoms with Crippen LogP contribution in [0.2, 0.25) is 5.04 Å². The van der Waals surface area contributed by atoms with Gasteiger partial charge in [-0.1, -0.05) is 81.4 Å². The Balaban J connectivity index is 1.53. The van der Waals surface area contributed by atoms with Crippen molar-refractivity contribution in [3.8, 4) is 0 Å². The third-order valence-corrected chi connectivity index (χ3v) is 11.8. The van der Waals surface area contributed by atoms with Crippen LogP contribution in [-0.4, -0.2) is 66.1 Å². The van der Waals surface area contributed by atoms with E-state index in [1.165, 1.54) is 0 Å². The van der Waals surface area contributed by atoms with E-state index in [2.05, 4.69) is 36.1 Å². The number of aliphatic hydroxyl groups excluding tert-OH is 2. The molecule has 1 saturated heterocycles. The van der Waals surface area contributed by atoms with Crippen molar-refractivity contribution >= 4 is 24.5 Å². The number of aliphatic hydroxyl groups is 2. The van der Waals surface area contributed by atoms with Crippen molar-refractivity contribution in [2.75, 3.05) is 18.5 Å². The van der Waals surface area contributed by atoms with Crippen LogP contribution in [0.4, 0.5) is 19.0 Å². The van der Waals surface area contributed by atoms with Crippen LogP contribution in [-0.2, 0) is 15.3 Å². The largest absolute Gasteiger partial charge is 0.434 e. The lowest BCUT2D eigenvalue weighted by Gasteiger charge is -2.45. The monoisotopic (exact) mass is 547 g/mol. The minimum atomic E-state index is -4.66. The highest BCUT2D eigenvalue weighted by Crippen LogP contribution is 2.37. The quantitative estimate of drug-likeness (QED) is 0.392. The molecule has 0 bridgehead atoms. The molecule has 11 heteroatoms. The number of nitrogens with zero attached hydrogens (tertiary/aromatic N) is 2. The van der Waals surface area contributed by atoms with Gasteiger partial charge in [0.25, 0.3) is 8.32 Å². The fourth-order valence-electron chi connectivity index (χ4n) is 4.89. The summed E-state index contributed by atoms with van der Waals surface area (Å²) in [6.45, 7) is 6.32. The molecule has 0 saturated carbocycles. The normalized spacial score (nSPS) is 22.7. The second-order valence-corrected chi connectivity index (χ2v) is 14.7. The first-order chi connectivity index (χ1) is 17.9. The Kier molecular flexibility index (Phi) is 8.24. The zero-order chi connectivity index (χ0) is 27.6. The predicted octanol–water partition coefficient (Wildman–Crippen LogP) is 2.97. The molecule has 0 radical (unpaired) electrons. The molecule has 2 heterocycles. The lowest BCUT2D eigenvalue weighted by Crippen LogP contribution is -2.68. The summed E-state index contributed by atoms with van der Waals surface area (Å²) in [5, 5.41) is 26.3. The number of aromatic nitrogens is 2. The number of rotatable bonds is 7. The van der Waals surface area contributed by atoms with Gasteiger partial charge in [-0.2, -0.15) is 13.2 Å². The van der Waals surface area contributed by atoms with Gasteiger partial charge in [0.15, 0.2) is 5.69 Å². The summed E-state index contributed by atoms with van der Waals surface area (Å²) >= 11 is 0. The fourth-order valence-corrected chi connectivity index (χ4v) is 9.46. The Hall–Kier alpha value is -2.83. The maximum absolute atomic E-state index is 13.0. The average molecular weight is 548 g/mol. The Morgan fingerprint density at radius 3 is 2.05 bits per heavy atom. The number of halogens is 3. The molecule has 3 aromatic rings. The molecule has 1 aliphatic rings. The van der Waals surface area contributed by atoms with E-state index >= 15 is 0 Å². The van der Waals surface area contributed by atoms with Gasteiger partial charge in [0, 0.05) is 0 Å². The van der Waals surface area contributed by atoms with Crippen LogP contribution in [0.1, 0.15) is 26.5 Å². The Bertz CT molecular complexity index is 1160. The molecule has 3 N–H and O–H groups in total. The molecular formula is C27H32F3N3O4Si. The summed E-state index contributed by atoms with van der Waals surface area (Å²) in [5.41, 5.74) is -1.16. The van der Waals surface area contributed by atoms with E-state index in [0.717, 1.165) is 16.6 Å². The number of nitrogens with one attached hydrogen (secondary N) is 1. The lowest BCUT2D eigenvalue weighted by atomic mass is 9.98. The highest BCUT2D eigenvalue weighted by molar-refractivity contribution is 6.99. The molecular weight excluding hydrogens is 515 g/mol. The van der Waals surface area contributed by atoms with Crippen molar-refractivity contribution < 1.29 is 32.5 Å². The van der Waals surface area contributed by atoms with Gasteiger partial charge in [-0.15, -0.1) is 0 Å². The van der Waals surface area contributed by atoms with Gasteiger partial charge in [0.2, 0.25) is 0 Å². The topological polar surface area (TPSA) is 96.7 Å². The molecule has 38 heavy (non-hydrogen) atoms. The molecule has 0 aliphatic carbocycles. The van der Waals surface area contributed by atoms with Crippen molar-refractivity contribution in [3.05, 3.63) is 78.8 Å². The zero-order valence-electron chi connectivity index (χ0n) is 21.4. The smallest absolute Gasteiger partial charge is 0.405 e. The van der Waals surface area contributed by atoms with Gasteiger partial charge in [0.1, 0.15) is 24.1 Å². The highest BCUT2D eigenvalue weighted by Gasteiger charge is 2.51. The van der Waals surface area contributed by atoms with E-state index in [4.69, 9.17) is 9.16 Å². The molecule has 4 atom stereocenters. The second kappa shape index (κ2) is 11.1. The Morgan fingerprint density at radius 2 is 1.53 bits per heavy atom.